The van der Waals surface area contributed by atoms with Crippen molar-refractivity contribution in [2.75, 3.05) is 6.61 Å². The third kappa shape index (κ3) is 4.01. The average molecular weight is 212 g/mol. The maximum atomic E-state index is 9.68. The molecule has 0 saturated carbocycles. The minimum absolute atomic E-state index is 0.139. The molecule has 0 fully saturated rings. The summed E-state index contributed by atoms with van der Waals surface area (Å²) in [5.74, 6) is 0.933. The Morgan fingerprint density at radius 2 is 2.33 bits per heavy atom. The van der Waals surface area contributed by atoms with Crippen LogP contribution in [0, 0.1) is 0 Å². The van der Waals surface area contributed by atoms with Crippen molar-refractivity contribution in [1.29, 1.82) is 0 Å². The van der Waals surface area contributed by atoms with Crippen molar-refractivity contribution >= 4 is 0 Å². The number of aromatic nitrogens is 2. The van der Waals surface area contributed by atoms with Gasteiger partial charge in [-0.25, -0.2) is 4.98 Å². The predicted octanol–water partition coefficient (Wildman–Crippen LogP) is 0.969. The van der Waals surface area contributed by atoms with Crippen LogP contribution in [0.2, 0.25) is 0 Å². The SMILES string of the molecule is CCCn1ccnc1CC(O)CCCO. The summed E-state index contributed by atoms with van der Waals surface area (Å²) in [7, 11) is 0. The van der Waals surface area contributed by atoms with Crippen molar-refractivity contribution in [2.24, 2.45) is 0 Å². The summed E-state index contributed by atoms with van der Waals surface area (Å²) in [6, 6.07) is 0. The smallest absolute Gasteiger partial charge is 0.111 e. The quantitative estimate of drug-likeness (QED) is 0.708. The molecule has 0 radical (unpaired) electrons. The lowest BCUT2D eigenvalue weighted by Crippen LogP contribution is -2.15. The molecule has 86 valence electrons. The summed E-state index contributed by atoms with van der Waals surface area (Å²) in [5, 5.41) is 18.3. The molecule has 0 aliphatic rings. The molecule has 0 aromatic carbocycles. The molecular formula is C11H20N2O2. The van der Waals surface area contributed by atoms with E-state index in [1.54, 1.807) is 6.20 Å². The number of nitrogens with zero attached hydrogens (tertiary/aromatic N) is 2. The number of rotatable bonds is 7. The van der Waals surface area contributed by atoms with Gasteiger partial charge in [-0.1, -0.05) is 6.92 Å². The molecular weight excluding hydrogens is 192 g/mol. The van der Waals surface area contributed by atoms with Gasteiger partial charge in [0.05, 0.1) is 6.10 Å². The normalized spacial score (nSPS) is 13.0. The highest BCUT2D eigenvalue weighted by Crippen LogP contribution is 2.06. The van der Waals surface area contributed by atoms with Gasteiger partial charge in [0.15, 0.2) is 0 Å². The van der Waals surface area contributed by atoms with E-state index in [1.165, 1.54) is 0 Å². The summed E-state index contributed by atoms with van der Waals surface area (Å²) in [6.45, 7) is 3.20. The van der Waals surface area contributed by atoms with E-state index in [2.05, 4.69) is 16.5 Å². The Bertz CT molecular complexity index is 273. The third-order valence-electron chi connectivity index (χ3n) is 2.38. The van der Waals surface area contributed by atoms with Gasteiger partial charge < -0.3 is 14.8 Å². The van der Waals surface area contributed by atoms with Crippen LogP contribution in [-0.4, -0.2) is 32.5 Å². The van der Waals surface area contributed by atoms with Crippen LogP contribution in [0.4, 0.5) is 0 Å². The van der Waals surface area contributed by atoms with Crippen LogP contribution < -0.4 is 0 Å². The lowest BCUT2D eigenvalue weighted by molar-refractivity contribution is 0.147. The van der Waals surface area contributed by atoms with E-state index in [1.807, 2.05) is 6.20 Å². The molecule has 1 heterocycles. The molecule has 0 aliphatic heterocycles. The number of hydrogen-bond acceptors (Lipinski definition) is 3. The molecule has 0 aliphatic carbocycles. The van der Waals surface area contributed by atoms with Gasteiger partial charge in [0.1, 0.15) is 5.82 Å². The molecule has 1 atom stereocenters. The van der Waals surface area contributed by atoms with Gasteiger partial charge in [0, 0.05) is 32.0 Å². The minimum atomic E-state index is -0.393. The zero-order valence-corrected chi connectivity index (χ0v) is 9.26. The number of aliphatic hydroxyl groups excluding tert-OH is 2. The molecule has 0 bridgehead atoms. The van der Waals surface area contributed by atoms with E-state index in [0.717, 1.165) is 18.8 Å². The van der Waals surface area contributed by atoms with Crippen molar-refractivity contribution in [2.45, 2.75) is 45.3 Å². The number of hydrogen-bond donors (Lipinski definition) is 2. The molecule has 1 unspecified atom stereocenters. The minimum Gasteiger partial charge on any atom is -0.396 e. The van der Waals surface area contributed by atoms with Crippen LogP contribution >= 0.6 is 0 Å². The fourth-order valence-electron chi connectivity index (χ4n) is 1.61. The van der Waals surface area contributed by atoms with Gasteiger partial charge in [-0.05, 0) is 19.3 Å². The fourth-order valence-corrected chi connectivity index (χ4v) is 1.61. The lowest BCUT2D eigenvalue weighted by atomic mass is 10.1. The van der Waals surface area contributed by atoms with Crippen LogP contribution in [0.1, 0.15) is 32.0 Å². The zero-order chi connectivity index (χ0) is 11.1. The molecule has 0 spiro atoms. The third-order valence-corrected chi connectivity index (χ3v) is 2.38. The highest BCUT2D eigenvalue weighted by atomic mass is 16.3. The first-order chi connectivity index (χ1) is 7.27. The highest BCUT2D eigenvalue weighted by molar-refractivity contribution is 4.94. The summed E-state index contributed by atoms with van der Waals surface area (Å²) < 4.78 is 2.07. The van der Waals surface area contributed by atoms with E-state index in [0.29, 0.717) is 19.3 Å². The first kappa shape index (κ1) is 12.2. The zero-order valence-electron chi connectivity index (χ0n) is 9.26. The first-order valence-electron chi connectivity index (χ1n) is 5.56. The van der Waals surface area contributed by atoms with Crippen LogP contribution in [0.5, 0.6) is 0 Å². The van der Waals surface area contributed by atoms with Crippen LogP contribution in [-0.2, 0) is 13.0 Å². The van der Waals surface area contributed by atoms with E-state index >= 15 is 0 Å². The van der Waals surface area contributed by atoms with Crippen LogP contribution in [0.15, 0.2) is 12.4 Å². The largest absolute Gasteiger partial charge is 0.396 e. The fraction of sp³-hybridized carbons (Fsp3) is 0.727. The molecule has 15 heavy (non-hydrogen) atoms. The van der Waals surface area contributed by atoms with Crippen molar-refractivity contribution < 1.29 is 10.2 Å². The molecule has 4 nitrogen and oxygen atoms in total. The van der Waals surface area contributed by atoms with Crippen molar-refractivity contribution in [3.05, 3.63) is 18.2 Å². The number of aryl methyl sites for hydroxylation is 1. The topological polar surface area (TPSA) is 58.3 Å². The first-order valence-corrected chi connectivity index (χ1v) is 5.56. The Kier molecular flexibility index (Phi) is 5.36. The molecule has 0 amide bonds. The molecule has 0 saturated heterocycles. The molecule has 1 rings (SSSR count). The van der Waals surface area contributed by atoms with Gasteiger partial charge in [0.2, 0.25) is 0 Å². The predicted molar refractivity (Wildman–Crippen MR) is 58.5 cm³/mol. The summed E-state index contributed by atoms with van der Waals surface area (Å²) in [4.78, 5) is 4.22. The standard InChI is InChI=1S/C11H20N2O2/c1-2-6-13-7-5-12-11(13)9-10(15)4-3-8-14/h5,7,10,14-15H,2-4,6,8-9H2,1H3. The second kappa shape index (κ2) is 6.58. The number of imidazole rings is 1. The van der Waals surface area contributed by atoms with Crippen LogP contribution in [0.25, 0.3) is 0 Å². The monoisotopic (exact) mass is 212 g/mol. The molecule has 2 N–H and O–H groups in total. The van der Waals surface area contributed by atoms with Gasteiger partial charge >= 0.3 is 0 Å². The van der Waals surface area contributed by atoms with E-state index < -0.39 is 6.10 Å². The van der Waals surface area contributed by atoms with Crippen molar-refractivity contribution in [1.82, 2.24) is 9.55 Å². The Hall–Kier alpha value is -0.870. The lowest BCUT2D eigenvalue weighted by Gasteiger charge is -2.11. The summed E-state index contributed by atoms with van der Waals surface area (Å²) >= 11 is 0. The Balaban J connectivity index is 2.44. The van der Waals surface area contributed by atoms with Crippen LogP contribution in [0.3, 0.4) is 0 Å². The number of aliphatic hydroxyl groups is 2. The van der Waals surface area contributed by atoms with Gasteiger partial charge in [-0.3, -0.25) is 0 Å². The maximum Gasteiger partial charge on any atom is 0.111 e. The average Bonchev–Trinajstić information content (AvgIpc) is 2.63. The molecule has 1 aromatic heterocycles. The maximum absolute atomic E-state index is 9.68. The Morgan fingerprint density at radius 1 is 1.53 bits per heavy atom. The second-order valence-corrected chi connectivity index (χ2v) is 3.76. The van der Waals surface area contributed by atoms with E-state index in [-0.39, 0.29) is 6.61 Å². The molecule has 1 aromatic rings. The van der Waals surface area contributed by atoms with Crippen molar-refractivity contribution in [3.8, 4) is 0 Å². The second-order valence-electron chi connectivity index (χ2n) is 3.76. The van der Waals surface area contributed by atoms with Gasteiger partial charge in [0.25, 0.3) is 0 Å². The van der Waals surface area contributed by atoms with E-state index in [9.17, 15) is 5.11 Å². The van der Waals surface area contributed by atoms with E-state index in [4.69, 9.17) is 5.11 Å². The van der Waals surface area contributed by atoms with Gasteiger partial charge in [-0.15, -0.1) is 0 Å². The molecule has 4 heteroatoms. The Morgan fingerprint density at radius 3 is 3.00 bits per heavy atom. The summed E-state index contributed by atoms with van der Waals surface area (Å²) in [5.41, 5.74) is 0. The van der Waals surface area contributed by atoms with Gasteiger partial charge in [-0.2, -0.15) is 0 Å². The highest BCUT2D eigenvalue weighted by Gasteiger charge is 2.09. The summed E-state index contributed by atoms with van der Waals surface area (Å²) in [6.07, 6.45) is 6.24. The van der Waals surface area contributed by atoms with Crippen molar-refractivity contribution in [3.63, 3.8) is 0 Å². The Labute approximate surface area is 90.6 Å².